The molecule has 1 heterocycles. The van der Waals surface area contributed by atoms with Gasteiger partial charge in [-0.3, -0.25) is 9.59 Å². The SMILES string of the molecule is COC(=O)CCCCNC(=O)c1c[nH]c2cc(Br)c(Br)cc12. The van der Waals surface area contributed by atoms with Crippen LogP contribution in [0.1, 0.15) is 29.6 Å². The number of nitrogens with one attached hydrogen (secondary N) is 2. The third-order valence-corrected chi connectivity index (χ3v) is 5.13. The molecule has 0 fully saturated rings. The van der Waals surface area contributed by atoms with E-state index in [1.165, 1.54) is 7.11 Å². The van der Waals surface area contributed by atoms with Crippen LogP contribution in [-0.4, -0.2) is 30.5 Å². The molecule has 0 bridgehead atoms. The molecule has 0 aliphatic rings. The van der Waals surface area contributed by atoms with Crippen molar-refractivity contribution in [3.8, 4) is 0 Å². The van der Waals surface area contributed by atoms with Gasteiger partial charge in [-0.2, -0.15) is 0 Å². The lowest BCUT2D eigenvalue weighted by atomic mass is 10.1. The molecule has 7 heteroatoms. The highest BCUT2D eigenvalue weighted by Gasteiger charge is 2.13. The summed E-state index contributed by atoms with van der Waals surface area (Å²) in [5, 5.41) is 3.73. The largest absolute Gasteiger partial charge is 0.469 e. The molecule has 1 aromatic carbocycles. The van der Waals surface area contributed by atoms with E-state index in [0.29, 0.717) is 24.9 Å². The summed E-state index contributed by atoms with van der Waals surface area (Å²) < 4.78 is 6.39. The number of benzene rings is 1. The van der Waals surface area contributed by atoms with Gasteiger partial charge in [0.2, 0.25) is 0 Å². The van der Waals surface area contributed by atoms with Crippen molar-refractivity contribution in [2.75, 3.05) is 13.7 Å². The van der Waals surface area contributed by atoms with Gasteiger partial charge in [0.25, 0.3) is 5.91 Å². The summed E-state index contributed by atoms with van der Waals surface area (Å²) in [6, 6.07) is 3.83. The number of fused-ring (bicyclic) bond motifs is 1. The lowest BCUT2D eigenvalue weighted by Crippen LogP contribution is -2.24. The van der Waals surface area contributed by atoms with Gasteiger partial charge in [0.1, 0.15) is 0 Å². The summed E-state index contributed by atoms with van der Waals surface area (Å²) in [4.78, 5) is 26.3. The average molecular weight is 432 g/mol. The van der Waals surface area contributed by atoms with Crippen molar-refractivity contribution in [2.24, 2.45) is 0 Å². The number of carbonyl (C=O) groups is 2. The van der Waals surface area contributed by atoms with Gasteiger partial charge in [-0.05, 0) is 56.8 Å². The van der Waals surface area contributed by atoms with Crippen LogP contribution in [0.4, 0.5) is 0 Å². The minimum atomic E-state index is -0.224. The molecule has 22 heavy (non-hydrogen) atoms. The maximum Gasteiger partial charge on any atom is 0.305 e. The van der Waals surface area contributed by atoms with Gasteiger partial charge in [-0.1, -0.05) is 0 Å². The first-order valence-corrected chi connectivity index (χ1v) is 8.42. The first kappa shape index (κ1) is 17.0. The van der Waals surface area contributed by atoms with Gasteiger partial charge in [-0.25, -0.2) is 0 Å². The maximum atomic E-state index is 12.2. The smallest absolute Gasteiger partial charge is 0.305 e. The molecule has 0 saturated carbocycles. The Morgan fingerprint density at radius 2 is 1.95 bits per heavy atom. The molecular weight excluding hydrogens is 416 g/mol. The second-order valence-electron chi connectivity index (χ2n) is 4.80. The summed E-state index contributed by atoms with van der Waals surface area (Å²) in [6.45, 7) is 0.528. The number of hydrogen-bond acceptors (Lipinski definition) is 3. The Morgan fingerprint density at radius 1 is 1.23 bits per heavy atom. The van der Waals surface area contributed by atoms with Crippen LogP contribution in [-0.2, 0) is 9.53 Å². The number of ether oxygens (including phenoxy) is 1. The number of halogens is 2. The molecule has 0 aliphatic carbocycles. The fourth-order valence-electron chi connectivity index (χ4n) is 2.10. The summed E-state index contributed by atoms with van der Waals surface area (Å²) in [5.41, 5.74) is 1.50. The molecule has 2 N–H and O–H groups in total. The number of methoxy groups -OCH3 is 1. The van der Waals surface area contributed by atoms with E-state index in [1.807, 2.05) is 12.1 Å². The highest BCUT2D eigenvalue weighted by atomic mass is 79.9. The van der Waals surface area contributed by atoms with E-state index in [9.17, 15) is 9.59 Å². The van der Waals surface area contributed by atoms with Gasteiger partial charge in [-0.15, -0.1) is 0 Å². The zero-order valence-electron chi connectivity index (χ0n) is 12.0. The predicted molar refractivity (Wildman–Crippen MR) is 91.9 cm³/mol. The van der Waals surface area contributed by atoms with E-state index in [-0.39, 0.29) is 11.9 Å². The quantitative estimate of drug-likeness (QED) is 0.540. The highest BCUT2D eigenvalue weighted by molar-refractivity contribution is 9.13. The summed E-state index contributed by atoms with van der Waals surface area (Å²) >= 11 is 6.88. The van der Waals surface area contributed by atoms with Crippen LogP contribution >= 0.6 is 31.9 Å². The molecule has 0 spiro atoms. The van der Waals surface area contributed by atoms with E-state index >= 15 is 0 Å². The van der Waals surface area contributed by atoms with Crippen molar-refractivity contribution in [3.05, 3.63) is 32.8 Å². The van der Waals surface area contributed by atoms with Gasteiger partial charge in [0, 0.05) is 39.0 Å². The second kappa shape index (κ2) is 7.78. The van der Waals surface area contributed by atoms with Crippen LogP contribution in [0.5, 0.6) is 0 Å². The third kappa shape index (κ3) is 4.10. The van der Waals surface area contributed by atoms with Crippen molar-refractivity contribution in [3.63, 3.8) is 0 Å². The lowest BCUT2D eigenvalue weighted by molar-refractivity contribution is -0.140. The van der Waals surface area contributed by atoms with Crippen LogP contribution in [0.3, 0.4) is 0 Å². The summed E-state index contributed by atoms with van der Waals surface area (Å²) in [5.74, 6) is -0.350. The van der Waals surface area contributed by atoms with Crippen LogP contribution in [0.15, 0.2) is 27.3 Å². The van der Waals surface area contributed by atoms with E-state index in [0.717, 1.165) is 26.3 Å². The van der Waals surface area contributed by atoms with Gasteiger partial charge < -0.3 is 15.0 Å². The standard InChI is InChI=1S/C15H16Br2N2O3/c1-22-14(20)4-2-3-5-18-15(21)10-8-19-13-7-12(17)11(16)6-9(10)13/h6-8,19H,2-5H2,1H3,(H,18,21). The van der Waals surface area contributed by atoms with Crippen molar-refractivity contribution in [1.82, 2.24) is 10.3 Å². The Balaban J connectivity index is 1.93. The van der Waals surface area contributed by atoms with Gasteiger partial charge in [0.15, 0.2) is 0 Å². The maximum absolute atomic E-state index is 12.2. The van der Waals surface area contributed by atoms with Gasteiger partial charge >= 0.3 is 5.97 Å². The molecule has 2 aromatic rings. The third-order valence-electron chi connectivity index (χ3n) is 3.29. The van der Waals surface area contributed by atoms with E-state index in [2.05, 4.69) is 46.9 Å². The molecule has 5 nitrogen and oxygen atoms in total. The van der Waals surface area contributed by atoms with E-state index in [4.69, 9.17) is 0 Å². The first-order chi connectivity index (χ1) is 10.5. The number of aromatic amines is 1. The van der Waals surface area contributed by atoms with Crippen LogP contribution in [0.2, 0.25) is 0 Å². The Labute approximate surface area is 145 Å². The second-order valence-corrected chi connectivity index (χ2v) is 6.51. The number of H-pyrrole nitrogens is 1. The van der Waals surface area contributed by atoms with Crippen LogP contribution < -0.4 is 5.32 Å². The number of esters is 1. The molecule has 0 aliphatic heterocycles. The predicted octanol–water partition coefficient (Wildman–Crippen LogP) is 3.77. The first-order valence-electron chi connectivity index (χ1n) is 6.84. The molecule has 0 atom stereocenters. The normalized spacial score (nSPS) is 10.7. The van der Waals surface area contributed by atoms with Crippen molar-refractivity contribution < 1.29 is 14.3 Å². The zero-order valence-corrected chi connectivity index (χ0v) is 15.2. The van der Waals surface area contributed by atoms with Crippen molar-refractivity contribution in [1.29, 1.82) is 0 Å². The van der Waals surface area contributed by atoms with Crippen LogP contribution in [0.25, 0.3) is 10.9 Å². The minimum Gasteiger partial charge on any atom is -0.469 e. The zero-order chi connectivity index (χ0) is 16.1. The monoisotopic (exact) mass is 430 g/mol. The Morgan fingerprint density at radius 3 is 2.68 bits per heavy atom. The topological polar surface area (TPSA) is 71.2 Å². The molecular formula is C15H16Br2N2O3. The fraction of sp³-hybridized carbons (Fsp3) is 0.333. The minimum absolute atomic E-state index is 0.126. The molecule has 2 rings (SSSR count). The number of hydrogen-bond donors (Lipinski definition) is 2. The fourth-order valence-corrected chi connectivity index (χ4v) is 2.78. The van der Waals surface area contributed by atoms with E-state index in [1.54, 1.807) is 6.20 Å². The van der Waals surface area contributed by atoms with Crippen molar-refractivity contribution >= 4 is 54.6 Å². The average Bonchev–Trinajstić information content (AvgIpc) is 2.89. The van der Waals surface area contributed by atoms with Gasteiger partial charge in [0.05, 0.1) is 12.7 Å². The Hall–Kier alpha value is -1.34. The Kier molecular flexibility index (Phi) is 6.02. The molecule has 0 radical (unpaired) electrons. The number of amides is 1. The number of aromatic nitrogens is 1. The lowest BCUT2D eigenvalue weighted by Gasteiger charge is -2.05. The summed E-state index contributed by atoms with van der Waals surface area (Å²) in [7, 11) is 1.37. The highest BCUT2D eigenvalue weighted by Crippen LogP contribution is 2.29. The number of unbranched alkanes of at least 4 members (excludes halogenated alkanes) is 1. The molecule has 0 saturated heterocycles. The summed E-state index contributed by atoms with van der Waals surface area (Å²) in [6.07, 6.45) is 3.51. The molecule has 0 unspecified atom stereocenters. The molecule has 1 aromatic heterocycles. The number of rotatable bonds is 6. The van der Waals surface area contributed by atoms with Crippen LogP contribution in [0, 0.1) is 0 Å². The molecule has 118 valence electrons. The Bertz CT molecular complexity index is 697. The number of carbonyl (C=O) groups excluding carboxylic acids is 2. The molecule has 1 amide bonds. The van der Waals surface area contributed by atoms with E-state index < -0.39 is 0 Å². The van der Waals surface area contributed by atoms with Crippen molar-refractivity contribution in [2.45, 2.75) is 19.3 Å².